The molecule has 0 fully saturated rings. The third kappa shape index (κ3) is 5.08. The number of aromatic nitrogens is 1. The molecule has 1 amide bonds. The van der Waals surface area contributed by atoms with Gasteiger partial charge in [0, 0.05) is 19.0 Å². The number of alkyl halides is 3. The number of carbonyl (C=O) groups is 2. The van der Waals surface area contributed by atoms with Gasteiger partial charge in [0.1, 0.15) is 11.3 Å². The zero-order chi connectivity index (χ0) is 26.1. The van der Waals surface area contributed by atoms with Crippen LogP contribution in [0.5, 0.6) is 0 Å². The van der Waals surface area contributed by atoms with Gasteiger partial charge in [-0.1, -0.05) is 17.7 Å². The van der Waals surface area contributed by atoms with Gasteiger partial charge in [-0.25, -0.2) is 14.7 Å². The second kappa shape index (κ2) is 9.79. The molecule has 10 heteroatoms. The highest BCUT2D eigenvalue weighted by atomic mass is 19.4. The summed E-state index contributed by atoms with van der Waals surface area (Å²) in [5.41, 5.74) is -0.312. The zero-order valence-electron chi connectivity index (χ0n) is 20.4. The number of halogens is 3. The number of aryl methyl sites for hydroxylation is 3. The Hall–Kier alpha value is -3.24. The Kier molecular flexibility index (Phi) is 7.37. The topological polar surface area (TPSA) is 78.0 Å². The monoisotopic (exact) mass is 492 g/mol. The van der Waals surface area contributed by atoms with Gasteiger partial charge in [-0.2, -0.15) is 13.2 Å². The van der Waals surface area contributed by atoms with Crippen molar-refractivity contribution in [1.82, 2.24) is 10.0 Å². The summed E-state index contributed by atoms with van der Waals surface area (Å²) < 4.78 is 51.3. The summed E-state index contributed by atoms with van der Waals surface area (Å²) in [7, 11) is 0. The van der Waals surface area contributed by atoms with Gasteiger partial charge in [0.25, 0.3) is 5.91 Å². The van der Waals surface area contributed by atoms with Crippen LogP contribution in [0.4, 0.5) is 13.2 Å². The standard InChI is InChI=1S/C25H27F3N2O5/c1-7-33-13-34-30-22(31)20(19-15(3)10-14(2)11-16(19)4)21(24(30,5)6)35-23(32)17-12-29-9-8-18(17)25(26,27)28/h8-12H,7,13H2,1-6H3. The number of ether oxygens (including phenoxy) is 2. The van der Waals surface area contributed by atoms with E-state index in [-0.39, 0.29) is 18.1 Å². The fraction of sp³-hybridized carbons (Fsp3) is 0.400. The molecule has 1 aromatic heterocycles. The normalized spacial score (nSPS) is 15.7. The first-order valence-electron chi connectivity index (χ1n) is 10.9. The van der Waals surface area contributed by atoms with E-state index >= 15 is 0 Å². The highest BCUT2D eigenvalue weighted by Crippen LogP contribution is 2.43. The summed E-state index contributed by atoms with van der Waals surface area (Å²) in [5, 5.41) is 1.02. The van der Waals surface area contributed by atoms with Crippen LogP contribution < -0.4 is 0 Å². The van der Waals surface area contributed by atoms with Crippen molar-refractivity contribution < 1.29 is 37.1 Å². The van der Waals surface area contributed by atoms with E-state index in [1.807, 2.05) is 19.1 Å². The minimum Gasteiger partial charge on any atom is -0.424 e. The Morgan fingerprint density at radius 2 is 1.77 bits per heavy atom. The summed E-state index contributed by atoms with van der Waals surface area (Å²) in [5.74, 6) is -2.02. The second-order valence-electron chi connectivity index (χ2n) is 8.68. The number of rotatable bonds is 7. The van der Waals surface area contributed by atoms with Crippen LogP contribution in [-0.4, -0.2) is 40.9 Å². The van der Waals surface area contributed by atoms with Crippen LogP contribution in [0.15, 0.2) is 36.4 Å². The molecule has 0 atom stereocenters. The Bertz CT molecular complexity index is 1160. The Morgan fingerprint density at radius 3 is 2.34 bits per heavy atom. The van der Waals surface area contributed by atoms with Crippen molar-refractivity contribution in [3.63, 3.8) is 0 Å². The number of hydrogen-bond donors (Lipinski definition) is 0. The first-order valence-corrected chi connectivity index (χ1v) is 10.9. The molecule has 1 aliphatic heterocycles. The van der Waals surface area contributed by atoms with Gasteiger partial charge in [0.15, 0.2) is 6.79 Å². The summed E-state index contributed by atoms with van der Waals surface area (Å²) in [6, 6.07) is 4.42. The fourth-order valence-electron chi connectivity index (χ4n) is 4.17. The third-order valence-electron chi connectivity index (χ3n) is 5.63. The SMILES string of the molecule is CCOCON1C(=O)C(c2c(C)cc(C)cc2C)=C(OC(=O)c2cnccc2C(F)(F)F)C1(C)C. The summed E-state index contributed by atoms with van der Waals surface area (Å²) in [4.78, 5) is 35.8. The number of hydrogen-bond acceptors (Lipinski definition) is 6. The Labute approximate surface area is 201 Å². The van der Waals surface area contributed by atoms with Gasteiger partial charge in [0.2, 0.25) is 0 Å². The molecule has 0 radical (unpaired) electrons. The van der Waals surface area contributed by atoms with Gasteiger partial charge < -0.3 is 9.47 Å². The number of amides is 1. The number of hydroxylamine groups is 2. The molecule has 0 N–H and O–H groups in total. The lowest BCUT2D eigenvalue weighted by molar-refractivity contribution is -0.242. The Morgan fingerprint density at radius 1 is 1.14 bits per heavy atom. The molecule has 3 rings (SSSR count). The maximum absolute atomic E-state index is 13.6. The van der Waals surface area contributed by atoms with E-state index in [4.69, 9.17) is 14.3 Å². The molecule has 0 aliphatic carbocycles. The van der Waals surface area contributed by atoms with Gasteiger partial charge >= 0.3 is 12.1 Å². The molecule has 0 unspecified atom stereocenters. The average Bonchev–Trinajstić information content (AvgIpc) is 2.93. The predicted molar refractivity (Wildman–Crippen MR) is 121 cm³/mol. The molecular formula is C25H27F3N2O5. The molecule has 2 heterocycles. The minimum atomic E-state index is -4.80. The molecule has 7 nitrogen and oxygen atoms in total. The molecule has 0 saturated heterocycles. The van der Waals surface area contributed by atoms with Gasteiger partial charge in [-0.3, -0.25) is 9.78 Å². The lowest BCUT2D eigenvalue weighted by atomic mass is 9.91. The molecule has 1 aromatic carbocycles. The number of carbonyl (C=O) groups excluding carboxylic acids is 2. The highest BCUT2D eigenvalue weighted by molar-refractivity contribution is 6.23. The van der Waals surface area contributed by atoms with E-state index in [2.05, 4.69) is 4.98 Å². The smallest absolute Gasteiger partial charge is 0.417 e. The van der Waals surface area contributed by atoms with E-state index in [9.17, 15) is 22.8 Å². The number of pyridine rings is 1. The molecule has 2 aromatic rings. The first kappa shape index (κ1) is 26.4. The molecule has 1 aliphatic rings. The van der Waals surface area contributed by atoms with Crippen molar-refractivity contribution in [3.05, 3.63) is 69.7 Å². The third-order valence-corrected chi connectivity index (χ3v) is 5.63. The lowest BCUT2D eigenvalue weighted by Gasteiger charge is -2.31. The molecule has 0 spiro atoms. The van der Waals surface area contributed by atoms with Crippen LogP contribution in [-0.2, 0) is 25.3 Å². The van der Waals surface area contributed by atoms with Gasteiger partial charge in [0.05, 0.1) is 16.7 Å². The number of esters is 1. The van der Waals surface area contributed by atoms with E-state index in [0.29, 0.717) is 18.2 Å². The van der Waals surface area contributed by atoms with Crippen molar-refractivity contribution in [1.29, 1.82) is 0 Å². The summed E-state index contributed by atoms with van der Waals surface area (Å²) >= 11 is 0. The molecule has 0 saturated carbocycles. The van der Waals surface area contributed by atoms with Crippen molar-refractivity contribution in [3.8, 4) is 0 Å². The van der Waals surface area contributed by atoms with Crippen LogP contribution >= 0.6 is 0 Å². The molecular weight excluding hydrogens is 465 g/mol. The van der Waals surface area contributed by atoms with Gasteiger partial charge in [-0.05, 0) is 64.3 Å². The number of benzene rings is 1. The van der Waals surface area contributed by atoms with Crippen molar-refractivity contribution in [2.24, 2.45) is 0 Å². The fourth-order valence-corrected chi connectivity index (χ4v) is 4.17. The average molecular weight is 492 g/mol. The maximum atomic E-state index is 13.6. The number of nitrogens with zero attached hydrogens (tertiary/aromatic N) is 2. The summed E-state index contributed by atoms with van der Waals surface area (Å²) in [6.45, 7) is 10.5. The van der Waals surface area contributed by atoms with E-state index < -0.39 is 34.7 Å². The predicted octanol–water partition coefficient (Wildman–Crippen LogP) is 5.14. The van der Waals surface area contributed by atoms with Gasteiger partial charge in [-0.15, -0.1) is 0 Å². The Balaban J connectivity index is 2.17. The molecule has 188 valence electrons. The van der Waals surface area contributed by atoms with Crippen molar-refractivity contribution in [2.45, 2.75) is 53.3 Å². The van der Waals surface area contributed by atoms with Crippen molar-refractivity contribution in [2.75, 3.05) is 13.4 Å². The quantitative estimate of drug-likeness (QED) is 0.303. The van der Waals surface area contributed by atoms with Crippen LogP contribution in [0.3, 0.4) is 0 Å². The summed E-state index contributed by atoms with van der Waals surface area (Å²) in [6.07, 6.45) is -3.07. The van der Waals surface area contributed by atoms with Crippen LogP contribution in [0.2, 0.25) is 0 Å². The molecule has 35 heavy (non-hydrogen) atoms. The highest BCUT2D eigenvalue weighted by Gasteiger charge is 2.50. The minimum absolute atomic E-state index is 0.0345. The first-order chi connectivity index (χ1) is 16.3. The second-order valence-corrected chi connectivity index (χ2v) is 8.68. The zero-order valence-corrected chi connectivity index (χ0v) is 20.4. The van der Waals surface area contributed by atoms with E-state index in [0.717, 1.165) is 34.1 Å². The van der Waals surface area contributed by atoms with Crippen LogP contribution in [0.1, 0.15) is 58.9 Å². The van der Waals surface area contributed by atoms with E-state index in [1.54, 1.807) is 34.6 Å². The largest absolute Gasteiger partial charge is 0.424 e. The van der Waals surface area contributed by atoms with Crippen LogP contribution in [0.25, 0.3) is 5.57 Å². The maximum Gasteiger partial charge on any atom is 0.417 e. The van der Waals surface area contributed by atoms with E-state index in [1.165, 1.54) is 0 Å². The lowest BCUT2D eigenvalue weighted by Crippen LogP contribution is -2.44. The van der Waals surface area contributed by atoms with Crippen molar-refractivity contribution >= 4 is 17.4 Å². The van der Waals surface area contributed by atoms with Crippen LogP contribution in [0, 0.1) is 20.8 Å². The molecule has 0 bridgehead atoms.